The van der Waals surface area contributed by atoms with Crippen LogP contribution in [0.2, 0.25) is 0 Å². The lowest BCUT2D eigenvalue weighted by Gasteiger charge is -2.67. The first kappa shape index (κ1) is 30.6. The van der Waals surface area contributed by atoms with Crippen molar-refractivity contribution in [2.24, 2.45) is 16.7 Å². The molecule has 1 saturated heterocycles. The predicted molar refractivity (Wildman–Crippen MR) is 167 cm³/mol. The number of H-pyrrole nitrogens is 1. The van der Waals surface area contributed by atoms with Crippen molar-refractivity contribution in [3.63, 3.8) is 0 Å². The average Bonchev–Trinajstić information content (AvgIpc) is 3.54. The molecule has 1 spiro atoms. The van der Waals surface area contributed by atoms with Gasteiger partial charge in [-0.15, -0.1) is 0 Å². The Bertz CT molecular complexity index is 1610. The molecule has 7 rings (SSSR count). The fourth-order valence-corrected chi connectivity index (χ4v) is 9.59. The van der Waals surface area contributed by atoms with Gasteiger partial charge in [0.05, 0.1) is 6.10 Å². The molecule has 2 bridgehead atoms. The Hall–Kier alpha value is -2.08. The van der Waals surface area contributed by atoms with Crippen molar-refractivity contribution in [3.05, 3.63) is 45.6 Å². The van der Waals surface area contributed by atoms with E-state index in [0.717, 1.165) is 27.5 Å². The number of fused-ring (bicyclic) bond motifs is 9. The summed E-state index contributed by atoms with van der Waals surface area (Å²) in [7, 11) is 0. The quantitative estimate of drug-likeness (QED) is 0.362. The van der Waals surface area contributed by atoms with Gasteiger partial charge in [0.2, 0.25) is 5.91 Å². The number of hydrogen-bond acceptors (Lipinski definition) is 7. The molecule has 0 radical (unpaired) electrons. The smallest absolute Gasteiger partial charge is 0.246 e. The minimum Gasteiger partial charge on any atom is -0.396 e. The Morgan fingerprint density at radius 2 is 1.98 bits per heavy atom. The van der Waals surface area contributed by atoms with E-state index in [-0.39, 0.29) is 37.4 Å². The van der Waals surface area contributed by atoms with Gasteiger partial charge in [0.15, 0.2) is 17.7 Å². The highest BCUT2D eigenvalue weighted by atomic mass is 79.9. The van der Waals surface area contributed by atoms with Gasteiger partial charge in [0, 0.05) is 62.5 Å². The summed E-state index contributed by atoms with van der Waals surface area (Å²) in [6.45, 7) is 11.8. The standard InChI is InChI=1S/C34H43BrN2O7/c1-29(2,17-38)16-36-26(40)15-42-25-12-18-11-21-20-13-19(35)7-8-22(20)37-27(21)32(18,6)31(5)9-10-33-24(34(25,31)41)14-23(39)28(43-33)30(3,4)44-33/h7-8,13-14,18,25,28,37-38,41H,9-12,15-17H2,1-6H3,(H,36,40)/t18-,25+,28+,31-,32-,33+,34+/m1/s1. The highest BCUT2D eigenvalue weighted by Gasteiger charge is 2.78. The van der Waals surface area contributed by atoms with Crippen LogP contribution in [-0.4, -0.2) is 75.8 Å². The lowest BCUT2D eigenvalue weighted by atomic mass is 9.41. The molecular weight excluding hydrogens is 628 g/mol. The third kappa shape index (κ3) is 3.88. The molecule has 7 atom stereocenters. The van der Waals surface area contributed by atoms with Crippen LogP contribution in [0.25, 0.3) is 10.9 Å². The fraction of sp³-hybridized carbons (Fsp3) is 0.647. The van der Waals surface area contributed by atoms with E-state index in [1.165, 1.54) is 5.56 Å². The average molecular weight is 672 g/mol. The van der Waals surface area contributed by atoms with Crippen LogP contribution in [0.5, 0.6) is 0 Å². The summed E-state index contributed by atoms with van der Waals surface area (Å²) in [5, 5.41) is 27.0. The number of benzene rings is 1. The van der Waals surface area contributed by atoms with E-state index in [4.69, 9.17) is 14.2 Å². The molecule has 3 fully saturated rings. The zero-order chi connectivity index (χ0) is 31.7. The maximum absolute atomic E-state index is 13.5. The number of ether oxygens (including phenoxy) is 3. The SMILES string of the molecule is CC(C)(CO)CNC(=O)CO[C@H]1C[C@H]2Cc3c([nH]c4ccc(Br)cc34)[C@]2(C)[C@@]2(C)CC[C@@]34O[C@@H](C(=O)C=C3[C@]12O)C(C)(C)O4. The van der Waals surface area contributed by atoms with E-state index in [2.05, 4.69) is 52.2 Å². The number of hydrogen-bond donors (Lipinski definition) is 4. The minimum absolute atomic E-state index is 0.0673. The van der Waals surface area contributed by atoms with Crippen molar-refractivity contribution in [3.8, 4) is 0 Å². The topological polar surface area (TPSA) is 130 Å². The molecule has 238 valence electrons. The van der Waals surface area contributed by atoms with Crippen LogP contribution in [0.4, 0.5) is 0 Å². The first-order chi connectivity index (χ1) is 20.5. The van der Waals surface area contributed by atoms with Crippen LogP contribution >= 0.6 is 15.9 Å². The van der Waals surface area contributed by atoms with E-state index in [0.29, 0.717) is 24.8 Å². The summed E-state index contributed by atoms with van der Waals surface area (Å²) in [5.74, 6) is -1.69. The van der Waals surface area contributed by atoms with Gasteiger partial charge < -0.3 is 34.7 Å². The van der Waals surface area contributed by atoms with Gasteiger partial charge in [0.25, 0.3) is 0 Å². The number of aliphatic hydroxyl groups is 2. The highest BCUT2D eigenvalue weighted by molar-refractivity contribution is 9.10. The van der Waals surface area contributed by atoms with Crippen LogP contribution < -0.4 is 5.32 Å². The monoisotopic (exact) mass is 670 g/mol. The molecule has 2 saturated carbocycles. The second kappa shape index (κ2) is 9.48. The second-order valence-corrected chi connectivity index (χ2v) is 16.3. The zero-order valence-corrected chi connectivity index (χ0v) is 27.9. The van der Waals surface area contributed by atoms with Crippen molar-refractivity contribution < 1.29 is 34.0 Å². The lowest BCUT2D eigenvalue weighted by molar-refractivity contribution is -0.279. The van der Waals surface area contributed by atoms with Crippen molar-refractivity contribution >= 4 is 38.5 Å². The fourth-order valence-electron chi connectivity index (χ4n) is 9.23. The minimum atomic E-state index is -1.68. The van der Waals surface area contributed by atoms with Gasteiger partial charge in [-0.05, 0) is 68.9 Å². The number of nitrogens with one attached hydrogen (secondary N) is 2. The van der Waals surface area contributed by atoms with E-state index in [9.17, 15) is 19.8 Å². The number of ketones is 1. The van der Waals surface area contributed by atoms with Gasteiger partial charge in [-0.2, -0.15) is 0 Å². The summed E-state index contributed by atoms with van der Waals surface area (Å²) in [5.41, 5.74) is -0.515. The van der Waals surface area contributed by atoms with E-state index < -0.39 is 45.4 Å². The molecule has 1 amide bonds. The largest absolute Gasteiger partial charge is 0.396 e. The predicted octanol–water partition coefficient (Wildman–Crippen LogP) is 4.21. The molecule has 9 nitrogen and oxygen atoms in total. The van der Waals surface area contributed by atoms with Crippen LogP contribution in [0.1, 0.15) is 72.1 Å². The molecule has 1 aromatic heterocycles. The van der Waals surface area contributed by atoms with E-state index in [1.54, 1.807) is 6.08 Å². The number of halogens is 1. The maximum Gasteiger partial charge on any atom is 0.246 e. The number of amides is 1. The Kier molecular flexibility index (Phi) is 6.59. The van der Waals surface area contributed by atoms with Crippen LogP contribution in [0.15, 0.2) is 34.3 Å². The van der Waals surface area contributed by atoms with Crippen molar-refractivity contribution in [1.82, 2.24) is 10.3 Å². The van der Waals surface area contributed by atoms with Gasteiger partial charge >= 0.3 is 0 Å². The number of aliphatic hydroxyl groups excluding tert-OH is 1. The number of carbonyl (C=O) groups is 2. The third-order valence-corrected chi connectivity index (χ3v) is 12.4. The molecule has 5 aliphatic rings. The maximum atomic E-state index is 13.5. The Morgan fingerprint density at radius 3 is 2.70 bits per heavy atom. The van der Waals surface area contributed by atoms with Crippen LogP contribution in [-0.2, 0) is 35.6 Å². The third-order valence-electron chi connectivity index (χ3n) is 11.9. The summed E-state index contributed by atoms with van der Waals surface area (Å²) in [6.07, 6.45) is 2.32. The van der Waals surface area contributed by atoms with Crippen LogP contribution in [0.3, 0.4) is 0 Å². The second-order valence-electron chi connectivity index (χ2n) is 15.4. The lowest BCUT2D eigenvalue weighted by Crippen LogP contribution is -2.75. The Balaban J connectivity index is 1.33. The molecule has 2 aliphatic heterocycles. The first-order valence-corrected chi connectivity index (χ1v) is 16.5. The van der Waals surface area contributed by atoms with Crippen LogP contribution in [0, 0.1) is 16.7 Å². The molecule has 4 N–H and O–H groups in total. The molecule has 44 heavy (non-hydrogen) atoms. The summed E-state index contributed by atoms with van der Waals surface area (Å²) < 4.78 is 20.5. The number of rotatable bonds is 6. The van der Waals surface area contributed by atoms with Gasteiger partial charge in [-0.1, -0.05) is 43.6 Å². The number of aromatic nitrogens is 1. The Labute approximate surface area is 266 Å². The molecular formula is C34H43BrN2O7. The molecule has 0 unspecified atom stereocenters. The molecule has 3 heterocycles. The first-order valence-electron chi connectivity index (χ1n) is 15.7. The van der Waals surface area contributed by atoms with Crippen molar-refractivity contribution in [1.29, 1.82) is 0 Å². The summed E-state index contributed by atoms with van der Waals surface area (Å²) in [4.78, 5) is 30.3. The van der Waals surface area contributed by atoms with Gasteiger partial charge in [0.1, 0.15) is 17.8 Å². The molecule has 3 aliphatic carbocycles. The van der Waals surface area contributed by atoms with Gasteiger partial charge in [-0.3, -0.25) is 9.59 Å². The van der Waals surface area contributed by atoms with E-state index >= 15 is 0 Å². The highest BCUT2D eigenvalue weighted by Crippen LogP contribution is 2.72. The number of carbonyl (C=O) groups excluding carboxylic acids is 2. The Morgan fingerprint density at radius 1 is 1.23 bits per heavy atom. The number of aromatic amines is 1. The summed E-state index contributed by atoms with van der Waals surface area (Å²) >= 11 is 3.64. The van der Waals surface area contributed by atoms with Crippen molar-refractivity contribution in [2.45, 2.75) is 102 Å². The van der Waals surface area contributed by atoms with Gasteiger partial charge in [-0.25, -0.2) is 0 Å². The molecule has 10 heteroatoms. The van der Waals surface area contributed by atoms with E-state index in [1.807, 2.05) is 33.8 Å². The summed E-state index contributed by atoms with van der Waals surface area (Å²) in [6, 6.07) is 6.25. The van der Waals surface area contributed by atoms with Crippen molar-refractivity contribution in [2.75, 3.05) is 19.8 Å². The zero-order valence-electron chi connectivity index (χ0n) is 26.3. The molecule has 1 aromatic carbocycles. The normalized spacial score (nSPS) is 38.5. The molecule has 2 aromatic rings.